The summed E-state index contributed by atoms with van der Waals surface area (Å²) in [6.45, 7) is 5.09. The van der Waals surface area contributed by atoms with E-state index < -0.39 is 0 Å². The maximum atomic E-state index is 8.77. The van der Waals surface area contributed by atoms with E-state index >= 15 is 0 Å². The molecule has 1 atom stereocenters. The Morgan fingerprint density at radius 3 is 2.86 bits per heavy atom. The van der Waals surface area contributed by atoms with Gasteiger partial charge in [0.15, 0.2) is 0 Å². The lowest BCUT2D eigenvalue weighted by atomic mass is 10.1. The molecule has 2 N–H and O–H groups in total. The lowest BCUT2D eigenvalue weighted by molar-refractivity contribution is 0.642. The minimum atomic E-state index is -0.118. The van der Waals surface area contributed by atoms with Gasteiger partial charge in [-0.2, -0.15) is 5.26 Å². The lowest BCUT2D eigenvalue weighted by Crippen LogP contribution is -2.14. The second-order valence-electron chi connectivity index (χ2n) is 3.02. The molecule has 1 unspecified atom stereocenters. The number of hydrogen-bond donors (Lipinski definition) is 1. The Labute approximate surface area is 94.5 Å². The van der Waals surface area contributed by atoms with Gasteiger partial charge in [0.2, 0.25) is 0 Å². The van der Waals surface area contributed by atoms with Gasteiger partial charge in [-0.3, -0.25) is 0 Å². The van der Waals surface area contributed by atoms with Crippen LogP contribution in [-0.4, -0.2) is 16.1 Å². The Kier molecular flexibility index (Phi) is 5.43. The average molecular weight is 259 g/mol. The van der Waals surface area contributed by atoms with Crippen molar-refractivity contribution in [1.82, 2.24) is 9.55 Å². The highest BCUT2D eigenvalue weighted by atomic mass is 79.9. The number of nitrogens with two attached hydrogens (primary N) is 1. The fourth-order valence-electron chi connectivity index (χ4n) is 1.32. The van der Waals surface area contributed by atoms with E-state index in [0.29, 0.717) is 6.54 Å². The summed E-state index contributed by atoms with van der Waals surface area (Å²) in [4.78, 5) is 4.16. The van der Waals surface area contributed by atoms with Crippen molar-refractivity contribution in [2.24, 2.45) is 5.73 Å². The van der Waals surface area contributed by atoms with E-state index in [9.17, 15) is 0 Å². The Morgan fingerprint density at radius 1 is 1.71 bits per heavy atom. The Bertz CT molecular complexity index is 326. The summed E-state index contributed by atoms with van der Waals surface area (Å²) in [7, 11) is 0. The quantitative estimate of drug-likeness (QED) is 0.891. The van der Waals surface area contributed by atoms with Gasteiger partial charge in [-0.25, -0.2) is 4.98 Å². The smallest absolute Gasteiger partial charge is 0.105 e. The van der Waals surface area contributed by atoms with Crippen LogP contribution in [-0.2, 0) is 6.54 Å². The molecule has 0 aliphatic carbocycles. The predicted molar refractivity (Wildman–Crippen MR) is 60.4 cm³/mol. The molecule has 0 spiro atoms. The van der Waals surface area contributed by atoms with Crippen LogP contribution in [0.3, 0.4) is 0 Å². The van der Waals surface area contributed by atoms with Crippen molar-refractivity contribution in [2.45, 2.75) is 26.3 Å². The second-order valence-corrected chi connectivity index (χ2v) is 3.02. The van der Waals surface area contributed by atoms with E-state index in [-0.39, 0.29) is 22.9 Å². The van der Waals surface area contributed by atoms with Crippen molar-refractivity contribution < 1.29 is 0 Å². The monoisotopic (exact) mass is 258 g/mol. The molecule has 78 valence electrons. The van der Waals surface area contributed by atoms with Gasteiger partial charge in [0.25, 0.3) is 0 Å². The van der Waals surface area contributed by atoms with Crippen LogP contribution in [0.15, 0.2) is 6.20 Å². The van der Waals surface area contributed by atoms with Gasteiger partial charge in [-0.05, 0) is 13.8 Å². The van der Waals surface area contributed by atoms with Gasteiger partial charge >= 0.3 is 0 Å². The molecule has 5 heteroatoms. The highest BCUT2D eigenvalue weighted by Crippen LogP contribution is 2.15. The van der Waals surface area contributed by atoms with Gasteiger partial charge in [-0.1, -0.05) is 0 Å². The molecule has 0 aliphatic heterocycles. The van der Waals surface area contributed by atoms with E-state index in [4.69, 9.17) is 11.0 Å². The molecule has 0 aliphatic rings. The van der Waals surface area contributed by atoms with E-state index in [1.165, 1.54) is 0 Å². The average Bonchev–Trinajstić information content (AvgIpc) is 2.48. The summed E-state index contributed by atoms with van der Waals surface area (Å²) in [5.74, 6) is 0.801. The zero-order chi connectivity index (χ0) is 9.84. The Morgan fingerprint density at radius 2 is 2.36 bits per heavy atom. The first-order chi connectivity index (χ1) is 6.20. The van der Waals surface area contributed by atoms with Crippen LogP contribution >= 0.6 is 17.0 Å². The van der Waals surface area contributed by atoms with Gasteiger partial charge in [0.05, 0.1) is 17.7 Å². The molecule has 1 rings (SSSR count). The zero-order valence-corrected chi connectivity index (χ0v) is 10.1. The van der Waals surface area contributed by atoms with E-state index in [0.717, 1.165) is 18.1 Å². The first-order valence-electron chi connectivity index (χ1n) is 4.32. The lowest BCUT2D eigenvalue weighted by Gasteiger charge is -2.09. The molecule has 14 heavy (non-hydrogen) atoms. The Hall–Kier alpha value is -0.860. The second kappa shape index (κ2) is 5.78. The Balaban J connectivity index is 0.00000169. The molecule has 1 heterocycles. The number of nitriles is 1. The molecule has 0 amide bonds. The number of halogens is 1. The minimum absolute atomic E-state index is 0. The van der Waals surface area contributed by atoms with Crippen molar-refractivity contribution in [1.29, 1.82) is 5.26 Å². The number of aryl methyl sites for hydroxylation is 1. The molecule has 4 nitrogen and oxygen atoms in total. The maximum Gasteiger partial charge on any atom is 0.105 e. The normalized spacial score (nSPS) is 11.6. The van der Waals surface area contributed by atoms with Crippen molar-refractivity contribution in [3.63, 3.8) is 0 Å². The molecular weight excluding hydrogens is 244 g/mol. The van der Waals surface area contributed by atoms with Crippen molar-refractivity contribution in [3.05, 3.63) is 17.7 Å². The third-order valence-electron chi connectivity index (χ3n) is 2.08. The number of aromatic nitrogens is 2. The minimum Gasteiger partial charge on any atom is -0.330 e. The van der Waals surface area contributed by atoms with Crippen LogP contribution < -0.4 is 5.73 Å². The summed E-state index contributed by atoms with van der Waals surface area (Å²) >= 11 is 0. The molecule has 0 bridgehead atoms. The van der Waals surface area contributed by atoms with E-state index in [1.54, 1.807) is 6.20 Å². The van der Waals surface area contributed by atoms with Gasteiger partial charge in [0, 0.05) is 19.3 Å². The van der Waals surface area contributed by atoms with Crippen LogP contribution in [0.2, 0.25) is 0 Å². The first-order valence-corrected chi connectivity index (χ1v) is 4.32. The van der Waals surface area contributed by atoms with Gasteiger partial charge in [0.1, 0.15) is 5.82 Å². The van der Waals surface area contributed by atoms with Gasteiger partial charge in [-0.15, -0.1) is 17.0 Å². The largest absolute Gasteiger partial charge is 0.330 e. The SMILES string of the molecule is Br.Cc1ncc(C(C)C#N)n1CCN. The summed E-state index contributed by atoms with van der Waals surface area (Å²) in [6, 6.07) is 2.19. The molecule has 0 aromatic carbocycles. The van der Waals surface area contributed by atoms with Crippen molar-refractivity contribution in [3.8, 4) is 6.07 Å². The molecule has 0 fully saturated rings. The molecule has 0 saturated carbocycles. The number of hydrogen-bond acceptors (Lipinski definition) is 3. The molecule has 1 aromatic rings. The van der Waals surface area contributed by atoms with Crippen LogP contribution in [0.5, 0.6) is 0 Å². The van der Waals surface area contributed by atoms with E-state index in [1.807, 2.05) is 18.4 Å². The molecule has 1 aromatic heterocycles. The van der Waals surface area contributed by atoms with E-state index in [2.05, 4.69) is 11.1 Å². The third-order valence-corrected chi connectivity index (χ3v) is 2.08. The standard InChI is InChI=1S/C9H14N4.BrH/c1-7(5-11)9-6-12-8(2)13(9)4-3-10;/h6-7H,3-4,10H2,1-2H3;1H. The fraction of sp³-hybridized carbons (Fsp3) is 0.556. The third kappa shape index (κ3) is 2.56. The number of nitrogens with zero attached hydrogens (tertiary/aromatic N) is 3. The van der Waals surface area contributed by atoms with Crippen LogP contribution in [0.25, 0.3) is 0 Å². The number of rotatable bonds is 3. The van der Waals surface area contributed by atoms with Crippen LogP contribution in [0.1, 0.15) is 24.4 Å². The molecule has 0 radical (unpaired) electrons. The van der Waals surface area contributed by atoms with Crippen molar-refractivity contribution in [2.75, 3.05) is 6.54 Å². The van der Waals surface area contributed by atoms with Crippen LogP contribution in [0.4, 0.5) is 0 Å². The molecule has 0 saturated heterocycles. The predicted octanol–water partition coefficient (Wildman–Crippen LogP) is 1.36. The zero-order valence-electron chi connectivity index (χ0n) is 8.40. The number of imidazole rings is 1. The summed E-state index contributed by atoms with van der Waals surface area (Å²) in [5, 5.41) is 8.77. The fourth-order valence-corrected chi connectivity index (χ4v) is 1.32. The van der Waals surface area contributed by atoms with Gasteiger partial charge < -0.3 is 10.3 Å². The highest BCUT2D eigenvalue weighted by molar-refractivity contribution is 8.93. The highest BCUT2D eigenvalue weighted by Gasteiger charge is 2.11. The maximum absolute atomic E-state index is 8.77. The first kappa shape index (κ1) is 13.1. The summed E-state index contributed by atoms with van der Waals surface area (Å²) < 4.78 is 1.99. The summed E-state index contributed by atoms with van der Waals surface area (Å²) in [6.07, 6.45) is 1.75. The summed E-state index contributed by atoms with van der Waals surface area (Å²) in [5.41, 5.74) is 6.42. The molecular formula is C9H15BrN4. The van der Waals surface area contributed by atoms with Crippen molar-refractivity contribution >= 4 is 17.0 Å². The van der Waals surface area contributed by atoms with Crippen LogP contribution in [0, 0.1) is 18.3 Å². The topological polar surface area (TPSA) is 67.6 Å².